The third-order valence-electron chi connectivity index (χ3n) is 24.2. The lowest BCUT2D eigenvalue weighted by Gasteiger charge is -2.56. The molecular formula is C68H106O15. The van der Waals surface area contributed by atoms with Crippen molar-refractivity contribution in [3.63, 3.8) is 0 Å². The molecule has 0 saturated heterocycles. The summed E-state index contributed by atoms with van der Waals surface area (Å²) in [6.45, 7) is 20.8. The Balaban J connectivity index is 0.000000141. The van der Waals surface area contributed by atoms with Gasteiger partial charge in [-0.2, -0.15) is 0 Å². The molecule has 0 amide bonds. The van der Waals surface area contributed by atoms with Gasteiger partial charge in [0, 0.05) is 24.4 Å². The quantitative estimate of drug-likeness (QED) is 0.0431. The molecule has 0 N–H and O–H groups in total. The van der Waals surface area contributed by atoms with E-state index in [1.807, 2.05) is 69.2 Å². The lowest BCUT2D eigenvalue weighted by molar-refractivity contribution is -0.193. The van der Waals surface area contributed by atoms with Gasteiger partial charge in [-0.15, -0.1) is 0 Å². The molecule has 468 valence electrons. The van der Waals surface area contributed by atoms with Gasteiger partial charge < -0.3 is 42.6 Å². The molecule has 0 aromatic carbocycles. The molecule has 14 fully saturated rings. The molecule has 14 aliphatic rings. The van der Waals surface area contributed by atoms with E-state index in [1.54, 1.807) is 0 Å². The fraction of sp³-hybridized carbons (Fsp3) is 0.912. The van der Waals surface area contributed by atoms with Crippen molar-refractivity contribution in [3.05, 3.63) is 0 Å². The summed E-state index contributed by atoms with van der Waals surface area (Å²) < 4.78 is 51.0. The van der Waals surface area contributed by atoms with Crippen molar-refractivity contribution < 1.29 is 71.4 Å². The van der Waals surface area contributed by atoms with Gasteiger partial charge in [0.15, 0.2) is 20.4 Å². The fourth-order valence-corrected chi connectivity index (χ4v) is 19.0. The van der Waals surface area contributed by atoms with E-state index >= 15 is 0 Å². The van der Waals surface area contributed by atoms with Crippen molar-refractivity contribution >= 4 is 35.8 Å². The molecule has 15 nitrogen and oxygen atoms in total. The average molecular weight is 1160 g/mol. The van der Waals surface area contributed by atoms with Crippen LogP contribution in [0.4, 0.5) is 0 Å². The SMILES string of the molecule is CCC(C)(C)C(=O)OC1CC2CC(C(=O)OCOC3C4CC5CC(C4)CC3C5)C1C2.CCC(C)(C)C(=O)OC1CC2CC(C(=O)OCOCC34CC5CC(CC(C5)C3)C4)C1C2.CCOCOC(=O)C1CC2CC(OC(=O)C(C)(C)CC)C1C2. The Hall–Kier alpha value is -3.30. The molecule has 0 heterocycles. The van der Waals surface area contributed by atoms with Crippen LogP contribution in [0.15, 0.2) is 0 Å². The van der Waals surface area contributed by atoms with E-state index in [9.17, 15) is 28.8 Å². The van der Waals surface area contributed by atoms with E-state index in [1.165, 1.54) is 70.6 Å². The van der Waals surface area contributed by atoms with E-state index in [0.29, 0.717) is 41.6 Å². The number of carbonyl (C=O) groups excluding carboxylic acids is 6. The minimum Gasteiger partial charge on any atom is -0.462 e. The molecule has 0 aromatic heterocycles. The van der Waals surface area contributed by atoms with Crippen LogP contribution in [-0.2, 0) is 71.4 Å². The number of hydrogen-bond acceptors (Lipinski definition) is 15. The minimum absolute atomic E-state index is 0.0105. The van der Waals surface area contributed by atoms with Gasteiger partial charge in [0.1, 0.15) is 18.3 Å². The maximum absolute atomic E-state index is 12.8. The first-order chi connectivity index (χ1) is 39.5. The van der Waals surface area contributed by atoms with E-state index in [2.05, 4.69) is 0 Å². The predicted octanol–water partition coefficient (Wildman–Crippen LogP) is 12.8. The van der Waals surface area contributed by atoms with Gasteiger partial charge in [0.05, 0.1) is 46.7 Å². The number of fused-ring (bicyclic) bond motifs is 6. The highest BCUT2D eigenvalue weighted by Crippen LogP contribution is 2.61. The summed E-state index contributed by atoms with van der Waals surface area (Å²) in [6.07, 6.45) is 25.1. The molecule has 0 spiro atoms. The zero-order valence-electron chi connectivity index (χ0n) is 52.5. The molecule has 14 bridgehead atoms. The molecule has 0 aliphatic heterocycles. The van der Waals surface area contributed by atoms with E-state index < -0.39 is 16.2 Å². The molecular weight excluding hydrogens is 1060 g/mol. The molecule has 0 aromatic rings. The van der Waals surface area contributed by atoms with Crippen LogP contribution in [0.2, 0.25) is 0 Å². The third-order valence-corrected chi connectivity index (χ3v) is 24.2. The summed E-state index contributed by atoms with van der Waals surface area (Å²) in [5.41, 5.74) is -1.06. The van der Waals surface area contributed by atoms with Crippen LogP contribution in [-0.4, -0.2) is 93.8 Å². The molecule has 15 heteroatoms. The first kappa shape index (κ1) is 62.7. The topological polar surface area (TPSA) is 185 Å². The third kappa shape index (κ3) is 14.0. The van der Waals surface area contributed by atoms with Crippen molar-refractivity contribution in [2.75, 3.05) is 33.6 Å². The molecule has 0 radical (unpaired) electrons. The van der Waals surface area contributed by atoms with Gasteiger partial charge in [-0.05, 0) is 261 Å². The van der Waals surface area contributed by atoms with E-state index in [4.69, 9.17) is 42.6 Å². The number of hydrogen-bond donors (Lipinski definition) is 0. The van der Waals surface area contributed by atoms with Gasteiger partial charge in [-0.3, -0.25) is 28.8 Å². The fourth-order valence-electron chi connectivity index (χ4n) is 19.0. The molecule has 14 aliphatic carbocycles. The Labute approximate surface area is 496 Å². The highest BCUT2D eigenvalue weighted by Gasteiger charge is 2.56. The van der Waals surface area contributed by atoms with Gasteiger partial charge in [0.2, 0.25) is 0 Å². The minimum atomic E-state index is -0.469. The van der Waals surface area contributed by atoms with E-state index in [-0.39, 0.29) is 116 Å². The first-order valence-electron chi connectivity index (χ1n) is 33.4. The molecule has 14 rings (SSSR count). The van der Waals surface area contributed by atoms with Gasteiger partial charge in [-0.1, -0.05) is 20.8 Å². The zero-order valence-corrected chi connectivity index (χ0v) is 52.5. The summed E-state index contributed by atoms with van der Waals surface area (Å²) in [7, 11) is 0. The molecule has 12 unspecified atom stereocenters. The summed E-state index contributed by atoms with van der Waals surface area (Å²) >= 11 is 0. The molecule has 83 heavy (non-hydrogen) atoms. The highest BCUT2D eigenvalue weighted by atomic mass is 16.7. The predicted molar refractivity (Wildman–Crippen MR) is 308 cm³/mol. The number of carbonyl (C=O) groups is 6. The van der Waals surface area contributed by atoms with Crippen LogP contribution in [0.3, 0.4) is 0 Å². The second-order valence-corrected chi connectivity index (χ2v) is 31.1. The van der Waals surface area contributed by atoms with Crippen LogP contribution in [0.25, 0.3) is 0 Å². The zero-order chi connectivity index (χ0) is 59.2. The number of ether oxygens (including phenoxy) is 9. The second-order valence-electron chi connectivity index (χ2n) is 31.1. The first-order valence-corrected chi connectivity index (χ1v) is 33.4. The maximum Gasteiger partial charge on any atom is 0.311 e. The highest BCUT2D eigenvalue weighted by molar-refractivity contribution is 5.78. The normalized spacial score (nSPS) is 39.8. The lowest BCUT2D eigenvalue weighted by Crippen LogP contribution is -2.49. The molecule has 12 atom stereocenters. The van der Waals surface area contributed by atoms with Gasteiger partial charge in [0.25, 0.3) is 0 Å². The number of rotatable bonds is 22. The van der Waals surface area contributed by atoms with Crippen LogP contribution in [0.5, 0.6) is 0 Å². The van der Waals surface area contributed by atoms with Gasteiger partial charge >= 0.3 is 35.8 Å². The van der Waals surface area contributed by atoms with Gasteiger partial charge in [-0.25, -0.2) is 0 Å². The van der Waals surface area contributed by atoms with Crippen molar-refractivity contribution in [2.24, 2.45) is 116 Å². The lowest BCUT2D eigenvalue weighted by atomic mass is 9.50. The maximum atomic E-state index is 12.8. The smallest absolute Gasteiger partial charge is 0.311 e. The second kappa shape index (κ2) is 25.8. The van der Waals surface area contributed by atoms with E-state index in [0.717, 1.165) is 113 Å². The summed E-state index contributed by atoms with van der Waals surface area (Å²) in [4.78, 5) is 75.1. The summed E-state index contributed by atoms with van der Waals surface area (Å²) in [5.74, 6) is 6.24. The van der Waals surface area contributed by atoms with Crippen LogP contribution >= 0.6 is 0 Å². The van der Waals surface area contributed by atoms with Crippen LogP contribution in [0, 0.1) is 116 Å². The van der Waals surface area contributed by atoms with Crippen molar-refractivity contribution in [2.45, 2.75) is 241 Å². The van der Waals surface area contributed by atoms with Crippen molar-refractivity contribution in [3.8, 4) is 0 Å². The van der Waals surface area contributed by atoms with Crippen molar-refractivity contribution in [1.29, 1.82) is 0 Å². The Bertz CT molecular complexity index is 2240. The van der Waals surface area contributed by atoms with Crippen LogP contribution < -0.4 is 0 Å². The number of esters is 6. The summed E-state index contributed by atoms with van der Waals surface area (Å²) in [5, 5.41) is 0. The average Bonchev–Trinajstić information content (AvgIpc) is 3.38. The Kier molecular flexibility index (Phi) is 19.5. The molecule has 14 saturated carbocycles. The summed E-state index contributed by atoms with van der Waals surface area (Å²) in [6, 6.07) is 0. The van der Waals surface area contributed by atoms with Crippen LogP contribution in [0.1, 0.15) is 217 Å². The standard InChI is InChI=1S/C26H40O5.C25H38O5.C17H28O5/c1-4-25(2,3)24(28)31-22-10-16-8-20(22)21(9-16)23(27)30-15-29-14-26-11-17-5-18(12-26)7-19(6-17)13-26;1-4-25(2,3)24(27)30-21-12-16-10-19(21)20(11-16)23(26)29-13-28-22-17-6-14-5-15(8-17)9-18(22)7-14;1-5-17(3,4)16(19)22-14-9-11-7-12(14)13(8-11)15(18)21-10-20-6-2/h16-22H,4-15H2,1-3H3;14-22H,4-13H2,1-3H3;11-14H,5-10H2,1-4H3. The Morgan fingerprint density at radius 3 is 1.05 bits per heavy atom. The Morgan fingerprint density at radius 2 is 0.711 bits per heavy atom. The largest absolute Gasteiger partial charge is 0.462 e. The van der Waals surface area contributed by atoms with Crippen molar-refractivity contribution in [1.82, 2.24) is 0 Å². The Morgan fingerprint density at radius 1 is 0.386 bits per heavy atom. The monoisotopic (exact) mass is 1160 g/mol.